The standard InChI is InChI=1S/C8H15N3/c1-9-6-4-7(10-2)8(5-6)11-3/h4-6,9-11H,1-3H3. The van der Waals surface area contributed by atoms with Gasteiger partial charge >= 0.3 is 0 Å². The SMILES string of the molecule is CNC1=CC(NC)C=C1NC. The Labute approximate surface area is 67.6 Å². The first kappa shape index (κ1) is 8.14. The summed E-state index contributed by atoms with van der Waals surface area (Å²) in [6.45, 7) is 0. The summed E-state index contributed by atoms with van der Waals surface area (Å²) in [6.07, 6.45) is 4.29. The highest BCUT2D eigenvalue weighted by atomic mass is 15.0. The lowest BCUT2D eigenvalue weighted by Gasteiger charge is -2.05. The fourth-order valence-electron chi connectivity index (χ4n) is 1.19. The van der Waals surface area contributed by atoms with Crippen LogP contribution in [0.3, 0.4) is 0 Å². The van der Waals surface area contributed by atoms with Gasteiger partial charge in [-0.25, -0.2) is 0 Å². The zero-order valence-corrected chi connectivity index (χ0v) is 7.23. The molecule has 0 aromatic rings. The highest BCUT2D eigenvalue weighted by Crippen LogP contribution is 2.12. The minimum atomic E-state index is 0.361. The Morgan fingerprint density at radius 1 is 1.00 bits per heavy atom. The molecule has 0 bridgehead atoms. The fraction of sp³-hybridized carbons (Fsp3) is 0.500. The Morgan fingerprint density at radius 2 is 1.45 bits per heavy atom. The van der Waals surface area contributed by atoms with Crippen LogP contribution in [0.15, 0.2) is 23.5 Å². The van der Waals surface area contributed by atoms with Gasteiger partial charge in [-0.3, -0.25) is 0 Å². The highest BCUT2D eigenvalue weighted by Gasteiger charge is 2.12. The lowest BCUT2D eigenvalue weighted by molar-refractivity contribution is 0.793. The van der Waals surface area contributed by atoms with Crippen molar-refractivity contribution >= 4 is 0 Å². The van der Waals surface area contributed by atoms with E-state index in [9.17, 15) is 0 Å². The van der Waals surface area contributed by atoms with Crippen molar-refractivity contribution in [3.8, 4) is 0 Å². The molecule has 11 heavy (non-hydrogen) atoms. The molecule has 1 aliphatic carbocycles. The molecule has 0 atom stereocenters. The van der Waals surface area contributed by atoms with Crippen molar-refractivity contribution in [2.24, 2.45) is 0 Å². The Morgan fingerprint density at radius 3 is 1.73 bits per heavy atom. The molecule has 0 fully saturated rings. The van der Waals surface area contributed by atoms with Crippen molar-refractivity contribution in [3.05, 3.63) is 23.5 Å². The van der Waals surface area contributed by atoms with Gasteiger partial charge < -0.3 is 16.0 Å². The van der Waals surface area contributed by atoms with E-state index in [-0.39, 0.29) is 0 Å². The molecule has 0 radical (unpaired) electrons. The highest BCUT2D eigenvalue weighted by molar-refractivity contribution is 5.38. The van der Waals surface area contributed by atoms with Crippen molar-refractivity contribution in [1.82, 2.24) is 16.0 Å². The third-order valence-corrected chi connectivity index (χ3v) is 1.85. The zero-order valence-electron chi connectivity index (χ0n) is 7.23. The smallest absolute Gasteiger partial charge is 0.0549 e. The van der Waals surface area contributed by atoms with Gasteiger partial charge in [-0.05, 0) is 19.2 Å². The summed E-state index contributed by atoms with van der Waals surface area (Å²) < 4.78 is 0. The molecular formula is C8H15N3. The second-order valence-corrected chi connectivity index (χ2v) is 2.48. The third-order valence-electron chi connectivity index (χ3n) is 1.85. The average Bonchev–Trinajstić information content (AvgIpc) is 2.46. The molecule has 0 unspecified atom stereocenters. The quantitative estimate of drug-likeness (QED) is 0.525. The van der Waals surface area contributed by atoms with E-state index in [2.05, 4.69) is 28.1 Å². The zero-order chi connectivity index (χ0) is 8.27. The van der Waals surface area contributed by atoms with Crippen molar-refractivity contribution in [2.45, 2.75) is 6.04 Å². The lowest BCUT2D eigenvalue weighted by Crippen LogP contribution is -2.18. The Bertz CT molecular complexity index is 174. The maximum absolute atomic E-state index is 3.16. The van der Waals surface area contributed by atoms with Gasteiger partial charge in [0.2, 0.25) is 0 Å². The van der Waals surface area contributed by atoms with Crippen molar-refractivity contribution in [3.63, 3.8) is 0 Å². The number of likely N-dealkylation sites (N-methyl/N-ethyl adjacent to an activating group) is 3. The van der Waals surface area contributed by atoms with E-state index in [1.165, 1.54) is 0 Å². The number of rotatable bonds is 3. The van der Waals surface area contributed by atoms with Gasteiger partial charge in [-0.15, -0.1) is 0 Å². The van der Waals surface area contributed by atoms with Crippen LogP contribution in [0.1, 0.15) is 0 Å². The topological polar surface area (TPSA) is 36.1 Å². The molecular weight excluding hydrogens is 138 g/mol. The van der Waals surface area contributed by atoms with Gasteiger partial charge in [-0.2, -0.15) is 0 Å². The predicted molar refractivity (Wildman–Crippen MR) is 47.1 cm³/mol. The Kier molecular flexibility index (Phi) is 2.54. The van der Waals surface area contributed by atoms with Crippen LogP contribution in [0.25, 0.3) is 0 Å². The van der Waals surface area contributed by atoms with Gasteiger partial charge in [0.15, 0.2) is 0 Å². The summed E-state index contributed by atoms with van der Waals surface area (Å²) in [6, 6.07) is 0.361. The molecule has 0 heterocycles. The molecule has 0 aromatic carbocycles. The van der Waals surface area contributed by atoms with Crippen LogP contribution in [-0.2, 0) is 0 Å². The predicted octanol–water partition coefficient (Wildman–Crippen LogP) is -0.205. The molecule has 3 nitrogen and oxygen atoms in total. The van der Waals surface area contributed by atoms with Crippen LogP contribution < -0.4 is 16.0 Å². The van der Waals surface area contributed by atoms with Crippen LogP contribution in [0.2, 0.25) is 0 Å². The van der Waals surface area contributed by atoms with Gasteiger partial charge in [0.1, 0.15) is 0 Å². The third kappa shape index (κ3) is 1.54. The summed E-state index contributed by atoms with van der Waals surface area (Å²) in [5.74, 6) is 0. The largest absolute Gasteiger partial charge is 0.387 e. The van der Waals surface area contributed by atoms with Crippen molar-refractivity contribution in [1.29, 1.82) is 0 Å². The Hall–Kier alpha value is -0.960. The summed E-state index contributed by atoms with van der Waals surface area (Å²) in [5.41, 5.74) is 2.32. The van der Waals surface area contributed by atoms with E-state index in [0.29, 0.717) is 6.04 Å². The van der Waals surface area contributed by atoms with E-state index in [1.807, 2.05) is 21.1 Å². The molecule has 62 valence electrons. The van der Waals surface area contributed by atoms with Gasteiger partial charge in [0, 0.05) is 20.1 Å². The van der Waals surface area contributed by atoms with E-state index in [0.717, 1.165) is 11.4 Å². The fourth-order valence-corrected chi connectivity index (χ4v) is 1.19. The van der Waals surface area contributed by atoms with E-state index in [4.69, 9.17) is 0 Å². The summed E-state index contributed by atoms with van der Waals surface area (Å²) >= 11 is 0. The number of hydrogen-bond acceptors (Lipinski definition) is 3. The summed E-state index contributed by atoms with van der Waals surface area (Å²) in [7, 11) is 5.80. The Balaban J connectivity index is 2.71. The molecule has 0 saturated carbocycles. The first-order valence-electron chi connectivity index (χ1n) is 3.78. The molecule has 3 heteroatoms. The maximum Gasteiger partial charge on any atom is 0.0549 e. The number of nitrogens with one attached hydrogen (secondary N) is 3. The lowest BCUT2D eigenvalue weighted by atomic mass is 10.3. The van der Waals surface area contributed by atoms with E-state index < -0.39 is 0 Å². The maximum atomic E-state index is 3.16. The minimum Gasteiger partial charge on any atom is -0.387 e. The van der Waals surface area contributed by atoms with Crippen LogP contribution in [0.5, 0.6) is 0 Å². The van der Waals surface area contributed by atoms with Gasteiger partial charge in [-0.1, -0.05) is 0 Å². The molecule has 1 rings (SSSR count). The molecule has 1 aliphatic rings. The molecule has 0 amide bonds. The molecule has 3 N–H and O–H groups in total. The molecule has 0 aromatic heterocycles. The first-order chi connectivity index (χ1) is 5.31. The molecule has 0 spiro atoms. The first-order valence-corrected chi connectivity index (χ1v) is 3.78. The second-order valence-electron chi connectivity index (χ2n) is 2.48. The van der Waals surface area contributed by atoms with Crippen LogP contribution in [-0.4, -0.2) is 27.2 Å². The van der Waals surface area contributed by atoms with Crippen LogP contribution >= 0.6 is 0 Å². The number of hydrogen-bond donors (Lipinski definition) is 3. The van der Waals surface area contributed by atoms with Gasteiger partial charge in [0.05, 0.1) is 11.4 Å². The van der Waals surface area contributed by atoms with Gasteiger partial charge in [0.25, 0.3) is 0 Å². The van der Waals surface area contributed by atoms with Crippen LogP contribution in [0.4, 0.5) is 0 Å². The summed E-state index contributed by atoms with van der Waals surface area (Å²) in [4.78, 5) is 0. The average molecular weight is 153 g/mol. The molecule has 0 aliphatic heterocycles. The minimum absolute atomic E-state index is 0.361. The van der Waals surface area contributed by atoms with Crippen molar-refractivity contribution in [2.75, 3.05) is 21.1 Å². The summed E-state index contributed by atoms with van der Waals surface area (Å²) in [5, 5.41) is 9.40. The van der Waals surface area contributed by atoms with E-state index in [1.54, 1.807) is 0 Å². The normalized spacial score (nSPS) is 17.7. The molecule has 0 saturated heterocycles. The van der Waals surface area contributed by atoms with E-state index >= 15 is 0 Å². The monoisotopic (exact) mass is 153 g/mol. The van der Waals surface area contributed by atoms with Crippen molar-refractivity contribution < 1.29 is 0 Å². The van der Waals surface area contributed by atoms with Crippen LogP contribution in [0, 0.1) is 0 Å². The second kappa shape index (κ2) is 3.44.